The summed E-state index contributed by atoms with van der Waals surface area (Å²) in [6.07, 6.45) is 2.79. The van der Waals surface area contributed by atoms with Crippen molar-refractivity contribution in [3.05, 3.63) is 23.8 Å². The van der Waals surface area contributed by atoms with Crippen molar-refractivity contribution in [1.82, 2.24) is 4.90 Å². The van der Waals surface area contributed by atoms with Crippen LogP contribution in [-0.4, -0.2) is 45.3 Å². The molecule has 0 aromatic heterocycles. The van der Waals surface area contributed by atoms with E-state index in [0.717, 1.165) is 19.3 Å². The average molecular weight is 265 g/mol. The van der Waals surface area contributed by atoms with Crippen molar-refractivity contribution < 1.29 is 20.1 Å². The topological polar surface area (TPSA) is 81.0 Å². The average Bonchev–Trinajstić information content (AvgIpc) is 2.38. The maximum atomic E-state index is 12.3. The maximum Gasteiger partial charge on any atom is 0.261 e. The van der Waals surface area contributed by atoms with Gasteiger partial charge < -0.3 is 20.2 Å². The smallest absolute Gasteiger partial charge is 0.261 e. The minimum absolute atomic E-state index is 0.109. The van der Waals surface area contributed by atoms with Crippen LogP contribution in [0.25, 0.3) is 0 Å². The molecule has 1 fully saturated rings. The third-order valence-corrected chi connectivity index (χ3v) is 3.75. The summed E-state index contributed by atoms with van der Waals surface area (Å²) in [6.45, 7) is 0. The summed E-state index contributed by atoms with van der Waals surface area (Å²) in [5.74, 6) is -0.967. The zero-order valence-electron chi connectivity index (χ0n) is 10.9. The summed E-state index contributed by atoms with van der Waals surface area (Å²) < 4.78 is 0. The lowest BCUT2D eigenvalue weighted by molar-refractivity contribution is 0.0264. The van der Waals surface area contributed by atoms with Gasteiger partial charge in [0.1, 0.15) is 17.1 Å². The van der Waals surface area contributed by atoms with Crippen LogP contribution in [0.2, 0.25) is 0 Å². The first kappa shape index (κ1) is 13.7. The molecule has 0 radical (unpaired) electrons. The van der Waals surface area contributed by atoms with E-state index < -0.39 is 12.0 Å². The molecule has 1 aliphatic carbocycles. The van der Waals surface area contributed by atoms with E-state index in [-0.39, 0.29) is 23.1 Å². The number of aliphatic hydroxyl groups is 1. The minimum atomic E-state index is -0.546. The van der Waals surface area contributed by atoms with Crippen LogP contribution < -0.4 is 0 Å². The van der Waals surface area contributed by atoms with Crippen molar-refractivity contribution in [1.29, 1.82) is 0 Å². The molecule has 0 saturated heterocycles. The fourth-order valence-electron chi connectivity index (χ4n) is 2.62. The van der Waals surface area contributed by atoms with Gasteiger partial charge in [-0.25, -0.2) is 0 Å². The lowest BCUT2D eigenvalue weighted by atomic mass is 9.91. The third-order valence-electron chi connectivity index (χ3n) is 3.75. The number of phenolic OH excluding ortho intramolecular Hbond substituents is 2. The summed E-state index contributed by atoms with van der Waals surface area (Å²) in [4.78, 5) is 13.7. The highest BCUT2D eigenvalue weighted by Gasteiger charge is 2.31. The van der Waals surface area contributed by atoms with Crippen LogP contribution in [-0.2, 0) is 0 Å². The Morgan fingerprint density at radius 1 is 1.21 bits per heavy atom. The lowest BCUT2D eigenvalue weighted by Gasteiger charge is -2.35. The van der Waals surface area contributed by atoms with Crippen molar-refractivity contribution in [2.45, 2.75) is 37.8 Å². The predicted molar refractivity (Wildman–Crippen MR) is 70.1 cm³/mol. The molecular weight excluding hydrogens is 246 g/mol. The molecular formula is C14H19NO4. The molecule has 1 amide bonds. The predicted octanol–water partition coefficient (Wildman–Crippen LogP) is 1.47. The van der Waals surface area contributed by atoms with Gasteiger partial charge >= 0.3 is 0 Å². The number of rotatable bonds is 2. The second kappa shape index (κ2) is 5.48. The van der Waals surface area contributed by atoms with Gasteiger partial charge in [0.2, 0.25) is 0 Å². The molecule has 1 aromatic rings. The summed E-state index contributed by atoms with van der Waals surface area (Å²) in [5, 5.41) is 29.4. The van der Waals surface area contributed by atoms with Crippen molar-refractivity contribution in [2.75, 3.05) is 7.05 Å². The van der Waals surface area contributed by atoms with Crippen molar-refractivity contribution in [3.63, 3.8) is 0 Å². The van der Waals surface area contributed by atoms with Gasteiger partial charge in [0, 0.05) is 7.05 Å². The zero-order valence-corrected chi connectivity index (χ0v) is 10.9. The molecule has 5 heteroatoms. The first-order chi connectivity index (χ1) is 9.02. The van der Waals surface area contributed by atoms with E-state index in [0.29, 0.717) is 6.42 Å². The fraction of sp³-hybridized carbons (Fsp3) is 0.500. The Morgan fingerprint density at radius 2 is 1.79 bits per heavy atom. The molecule has 0 bridgehead atoms. The monoisotopic (exact) mass is 265 g/mol. The number of phenols is 2. The van der Waals surface area contributed by atoms with Crippen LogP contribution >= 0.6 is 0 Å². The number of amides is 1. The molecule has 0 aliphatic heterocycles. The molecule has 5 nitrogen and oxygen atoms in total. The van der Waals surface area contributed by atoms with E-state index in [2.05, 4.69) is 0 Å². The van der Waals surface area contributed by atoms with Crippen LogP contribution in [0.5, 0.6) is 11.5 Å². The number of aromatic hydroxyl groups is 2. The Morgan fingerprint density at radius 3 is 2.37 bits per heavy atom. The normalized spacial score (nSPS) is 23.1. The van der Waals surface area contributed by atoms with E-state index in [4.69, 9.17) is 0 Å². The van der Waals surface area contributed by atoms with Gasteiger partial charge in [-0.15, -0.1) is 0 Å². The number of hydrogen-bond acceptors (Lipinski definition) is 4. The van der Waals surface area contributed by atoms with Gasteiger partial charge in [0.15, 0.2) is 0 Å². The standard InChI is InChI=1S/C14H19NO4/c1-15(9-5-2-3-6-10(9)16)14(19)13-11(17)7-4-8-12(13)18/h4,7-10,16-18H,2-3,5-6H2,1H3. The summed E-state index contributed by atoms with van der Waals surface area (Å²) >= 11 is 0. The number of aliphatic hydroxyl groups excluding tert-OH is 1. The molecule has 2 atom stereocenters. The minimum Gasteiger partial charge on any atom is -0.507 e. The van der Waals surface area contributed by atoms with E-state index in [1.54, 1.807) is 7.05 Å². The zero-order chi connectivity index (χ0) is 14.0. The number of hydrogen-bond donors (Lipinski definition) is 3. The molecule has 0 heterocycles. The van der Waals surface area contributed by atoms with Gasteiger partial charge in [-0.3, -0.25) is 4.79 Å². The van der Waals surface area contributed by atoms with Crippen molar-refractivity contribution >= 4 is 5.91 Å². The molecule has 2 unspecified atom stereocenters. The van der Waals surface area contributed by atoms with E-state index >= 15 is 0 Å². The van der Waals surface area contributed by atoms with E-state index in [1.165, 1.54) is 23.1 Å². The molecule has 1 saturated carbocycles. The van der Waals surface area contributed by atoms with Gasteiger partial charge in [-0.2, -0.15) is 0 Å². The number of likely N-dealkylation sites (N-methyl/N-ethyl adjacent to an activating group) is 1. The lowest BCUT2D eigenvalue weighted by Crippen LogP contribution is -2.46. The highest BCUT2D eigenvalue weighted by atomic mass is 16.3. The quantitative estimate of drug-likeness (QED) is 0.756. The van der Waals surface area contributed by atoms with Crippen LogP contribution in [0.1, 0.15) is 36.0 Å². The second-order valence-electron chi connectivity index (χ2n) is 5.01. The first-order valence-electron chi connectivity index (χ1n) is 6.48. The Bertz CT molecular complexity index is 454. The van der Waals surface area contributed by atoms with Crippen LogP contribution in [0, 0.1) is 0 Å². The highest BCUT2D eigenvalue weighted by molar-refractivity contribution is 5.99. The van der Waals surface area contributed by atoms with Gasteiger partial charge in [0.05, 0.1) is 12.1 Å². The summed E-state index contributed by atoms with van der Waals surface area (Å²) in [7, 11) is 1.59. The third kappa shape index (κ3) is 2.66. The van der Waals surface area contributed by atoms with E-state index in [1.807, 2.05) is 0 Å². The van der Waals surface area contributed by atoms with Crippen molar-refractivity contribution in [3.8, 4) is 11.5 Å². The van der Waals surface area contributed by atoms with Crippen molar-refractivity contribution in [2.24, 2.45) is 0 Å². The first-order valence-corrected chi connectivity index (χ1v) is 6.48. The highest BCUT2D eigenvalue weighted by Crippen LogP contribution is 2.30. The molecule has 0 spiro atoms. The van der Waals surface area contributed by atoms with Gasteiger partial charge in [-0.05, 0) is 25.0 Å². The van der Waals surface area contributed by atoms with Gasteiger partial charge in [0.25, 0.3) is 5.91 Å². The Labute approximate surface area is 112 Å². The Balaban J connectivity index is 2.23. The largest absolute Gasteiger partial charge is 0.507 e. The number of carbonyl (C=O) groups is 1. The fourth-order valence-corrected chi connectivity index (χ4v) is 2.62. The second-order valence-corrected chi connectivity index (χ2v) is 5.01. The molecule has 19 heavy (non-hydrogen) atoms. The van der Waals surface area contributed by atoms with Crippen LogP contribution in [0.15, 0.2) is 18.2 Å². The molecule has 1 aromatic carbocycles. The maximum absolute atomic E-state index is 12.3. The molecule has 104 valence electrons. The number of carbonyl (C=O) groups excluding carboxylic acids is 1. The summed E-state index contributed by atoms with van der Waals surface area (Å²) in [5.41, 5.74) is -0.109. The Hall–Kier alpha value is -1.75. The number of nitrogens with zero attached hydrogens (tertiary/aromatic N) is 1. The van der Waals surface area contributed by atoms with Crippen LogP contribution in [0.3, 0.4) is 0 Å². The van der Waals surface area contributed by atoms with Crippen LogP contribution in [0.4, 0.5) is 0 Å². The van der Waals surface area contributed by atoms with E-state index in [9.17, 15) is 20.1 Å². The Kier molecular flexibility index (Phi) is 3.95. The molecule has 2 rings (SSSR count). The van der Waals surface area contributed by atoms with Gasteiger partial charge in [-0.1, -0.05) is 18.9 Å². The SMILES string of the molecule is CN(C(=O)c1c(O)cccc1O)C1CCCCC1O. The molecule has 3 N–H and O–H groups in total. The molecule has 1 aliphatic rings. The number of benzene rings is 1. The summed E-state index contributed by atoms with van der Waals surface area (Å²) in [6, 6.07) is 3.92.